The van der Waals surface area contributed by atoms with Crippen LogP contribution in [-0.2, 0) is 6.54 Å². The van der Waals surface area contributed by atoms with Gasteiger partial charge in [0.2, 0.25) is 11.8 Å². The minimum Gasteiger partial charge on any atom is -0.419 e. The summed E-state index contributed by atoms with van der Waals surface area (Å²) < 4.78 is 5.73. The van der Waals surface area contributed by atoms with E-state index in [1.807, 2.05) is 37.3 Å². The quantitative estimate of drug-likeness (QED) is 0.935. The molecule has 2 heterocycles. The number of likely N-dealkylation sites (tertiary alicyclic amines) is 1. The summed E-state index contributed by atoms with van der Waals surface area (Å²) in [4.78, 5) is 2.31. The lowest BCUT2D eigenvalue weighted by Gasteiger charge is -2.32. The summed E-state index contributed by atoms with van der Waals surface area (Å²) in [5.74, 6) is 1.65. The molecule has 0 radical (unpaired) electrons. The Labute approximate surface area is 124 Å². The molecule has 21 heavy (non-hydrogen) atoms. The summed E-state index contributed by atoms with van der Waals surface area (Å²) in [6, 6.07) is 9.81. The van der Waals surface area contributed by atoms with Gasteiger partial charge in [-0.1, -0.05) is 18.2 Å². The average molecular weight is 287 g/mol. The van der Waals surface area contributed by atoms with Gasteiger partial charge in [-0.15, -0.1) is 10.2 Å². The van der Waals surface area contributed by atoms with E-state index in [2.05, 4.69) is 15.1 Å². The third-order valence-electron chi connectivity index (χ3n) is 4.16. The Kier molecular flexibility index (Phi) is 4.31. The van der Waals surface area contributed by atoms with E-state index in [0.29, 0.717) is 24.2 Å². The van der Waals surface area contributed by atoms with Gasteiger partial charge in [0.15, 0.2) is 0 Å². The SMILES string of the molecule is CC(O)C1CCN(Cc2nnc(-c3ccccc3)o2)CC1. The van der Waals surface area contributed by atoms with E-state index in [9.17, 15) is 5.11 Å². The summed E-state index contributed by atoms with van der Waals surface area (Å²) in [5.41, 5.74) is 0.948. The molecule has 0 bridgehead atoms. The van der Waals surface area contributed by atoms with E-state index in [-0.39, 0.29) is 6.10 Å². The summed E-state index contributed by atoms with van der Waals surface area (Å²) >= 11 is 0. The maximum absolute atomic E-state index is 9.62. The van der Waals surface area contributed by atoms with Crippen molar-refractivity contribution in [3.63, 3.8) is 0 Å². The molecule has 5 heteroatoms. The number of nitrogens with zero attached hydrogens (tertiary/aromatic N) is 3. The Morgan fingerprint density at radius 3 is 2.62 bits per heavy atom. The van der Waals surface area contributed by atoms with E-state index >= 15 is 0 Å². The van der Waals surface area contributed by atoms with Crippen molar-refractivity contribution in [2.75, 3.05) is 13.1 Å². The zero-order valence-corrected chi connectivity index (χ0v) is 12.3. The molecule has 0 saturated carbocycles. The lowest BCUT2D eigenvalue weighted by molar-refractivity contribution is 0.0668. The lowest BCUT2D eigenvalue weighted by Crippen LogP contribution is -2.36. The van der Waals surface area contributed by atoms with Crippen molar-refractivity contribution in [2.24, 2.45) is 5.92 Å². The number of rotatable bonds is 4. The second-order valence-electron chi connectivity index (χ2n) is 5.72. The van der Waals surface area contributed by atoms with Crippen LogP contribution in [0.3, 0.4) is 0 Å². The van der Waals surface area contributed by atoms with Crippen molar-refractivity contribution >= 4 is 0 Å². The first-order chi connectivity index (χ1) is 10.2. The minimum atomic E-state index is -0.208. The second kappa shape index (κ2) is 6.37. The van der Waals surface area contributed by atoms with Crippen LogP contribution in [0.25, 0.3) is 11.5 Å². The highest BCUT2D eigenvalue weighted by atomic mass is 16.4. The Bertz CT molecular complexity index is 560. The summed E-state index contributed by atoms with van der Waals surface area (Å²) in [6.45, 7) is 4.51. The molecule has 1 aliphatic heterocycles. The van der Waals surface area contributed by atoms with Gasteiger partial charge in [-0.05, 0) is 50.9 Å². The van der Waals surface area contributed by atoms with Crippen LogP contribution in [0.15, 0.2) is 34.7 Å². The fourth-order valence-electron chi connectivity index (χ4n) is 2.80. The highest BCUT2D eigenvalue weighted by Gasteiger charge is 2.23. The van der Waals surface area contributed by atoms with E-state index < -0.39 is 0 Å². The monoisotopic (exact) mass is 287 g/mol. The molecule has 0 spiro atoms. The molecule has 1 unspecified atom stereocenters. The molecular weight excluding hydrogens is 266 g/mol. The zero-order chi connectivity index (χ0) is 14.7. The van der Waals surface area contributed by atoms with Gasteiger partial charge >= 0.3 is 0 Å². The third kappa shape index (κ3) is 3.49. The van der Waals surface area contributed by atoms with Gasteiger partial charge in [-0.2, -0.15) is 0 Å². The highest BCUT2D eigenvalue weighted by molar-refractivity contribution is 5.51. The van der Waals surface area contributed by atoms with Crippen LogP contribution in [0.5, 0.6) is 0 Å². The highest BCUT2D eigenvalue weighted by Crippen LogP contribution is 2.22. The van der Waals surface area contributed by atoms with Gasteiger partial charge in [0, 0.05) is 5.56 Å². The fraction of sp³-hybridized carbons (Fsp3) is 0.500. The first-order valence-corrected chi connectivity index (χ1v) is 7.50. The van der Waals surface area contributed by atoms with Crippen LogP contribution in [0.4, 0.5) is 0 Å². The summed E-state index contributed by atoms with van der Waals surface area (Å²) in [6.07, 6.45) is 1.84. The lowest BCUT2D eigenvalue weighted by atomic mass is 9.92. The van der Waals surface area contributed by atoms with Crippen molar-refractivity contribution in [3.8, 4) is 11.5 Å². The minimum absolute atomic E-state index is 0.208. The van der Waals surface area contributed by atoms with Gasteiger partial charge in [0.1, 0.15) is 0 Å². The number of aromatic nitrogens is 2. The molecule has 1 aromatic carbocycles. The van der Waals surface area contributed by atoms with Crippen LogP contribution < -0.4 is 0 Å². The Balaban J connectivity index is 1.59. The molecule has 5 nitrogen and oxygen atoms in total. The molecule has 1 atom stereocenters. The molecular formula is C16H21N3O2. The van der Waals surface area contributed by atoms with Crippen LogP contribution in [-0.4, -0.2) is 39.4 Å². The average Bonchev–Trinajstić information content (AvgIpc) is 2.97. The number of piperidine rings is 1. The van der Waals surface area contributed by atoms with E-state index in [0.717, 1.165) is 31.5 Å². The maximum Gasteiger partial charge on any atom is 0.247 e. The van der Waals surface area contributed by atoms with Gasteiger partial charge < -0.3 is 9.52 Å². The van der Waals surface area contributed by atoms with E-state index in [4.69, 9.17) is 4.42 Å². The Morgan fingerprint density at radius 1 is 1.24 bits per heavy atom. The van der Waals surface area contributed by atoms with Crippen LogP contribution >= 0.6 is 0 Å². The van der Waals surface area contributed by atoms with Crippen molar-refractivity contribution in [1.29, 1.82) is 0 Å². The molecule has 1 N–H and O–H groups in total. The molecule has 2 aromatic rings. The van der Waals surface area contributed by atoms with Gasteiger partial charge in [0.05, 0.1) is 12.6 Å². The van der Waals surface area contributed by atoms with Crippen molar-refractivity contribution in [2.45, 2.75) is 32.4 Å². The standard InChI is InChI=1S/C16H21N3O2/c1-12(20)13-7-9-19(10-8-13)11-15-17-18-16(21-15)14-5-3-2-4-6-14/h2-6,12-13,20H,7-11H2,1H3. The van der Waals surface area contributed by atoms with Gasteiger partial charge in [-0.25, -0.2) is 0 Å². The van der Waals surface area contributed by atoms with Crippen LogP contribution in [0, 0.1) is 5.92 Å². The van der Waals surface area contributed by atoms with Crippen molar-refractivity contribution in [1.82, 2.24) is 15.1 Å². The second-order valence-corrected chi connectivity index (χ2v) is 5.72. The number of aliphatic hydroxyl groups excluding tert-OH is 1. The molecule has 112 valence electrons. The summed E-state index contributed by atoms with van der Waals surface area (Å²) in [7, 11) is 0. The Morgan fingerprint density at radius 2 is 1.95 bits per heavy atom. The Hall–Kier alpha value is -1.72. The largest absolute Gasteiger partial charge is 0.419 e. The van der Waals surface area contributed by atoms with Gasteiger partial charge in [-0.3, -0.25) is 4.90 Å². The molecule has 0 aliphatic carbocycles. The fourth-order valence-corrected chi connectivity index (χ4v) is 2.80. The van der Waals surface area contributed by atoms with Crippen LogP contribution in [0.2, 0.25) is 0 Å². The first-order valence-electron chi connectivity index (χ1n) is 7.50. The zero-order valence-electron chi connectivity index (χ0n) is 12.3. The van der Waals surface area contributed by atoms with Crippen molar-refractivity contribution < 1.29 is 9.52 Å². The first kappa shape index (κ1) is 14.2. The number of benzene rings is 1. The normalized spacial score (nSPS) is 18.8. The van der Waals surface area contributed by atoms with Crippen molar-refractivity contribution in [3.05, 3.63) is 36.2 Å². The molecule has 1 aromatic heterocycles. The third-order valence-corrected chi connectivity index (χ3v) is 4.16. The summed E-state index contributed by atoms with van der Waals surface area (Å²) in [5, 5.41) is 17.9. The molecule has 3 rings (SSSR count). The van der Waals surface area contributed by atoms with E-state index in [1.165, 1.54) is 0 Å². The molecule has 1 saturated heterocycles. The maximum atomic E-state index is 9.62. The predicted octanol–water partition coefficient (Wildman–Crippen LogP) is 2.33. The number of hydrogen-bond acceptors (Lipinski definition) is 5. The van der Waals surface area contributed by atoms with E-state index in [1.54, 1.807) is 0 Å². The topological polar surface area (TPSA) is 62.4 Å². The number of hydrogen-bond donors (Lipinski definition) is 1. The van der Waals surface area contributed by atoms with Gasteiger partial charge in [0.25, 0.3) is 0 Å². The van der Waals surface area contributed by atoms with Crippen LogP contribution in [0.1, 0.15) is 25.7 Å². The molecule has 1 aliphatic rings. The molecule has 0 amide bonds. The predicted molar refractivity (Wildman–Crippen MR) is 79.4 cm³/mol. The molecule has 1 fully saturated rings. The smallest absolute Gasteiger partial charge is 0.247 e. The number of aliphatic hydroxyl groups is 1.